The Morgan fingerprint density at radius 3 is 2.11 bits per heavy atom. The number of nitrogens with zero attached hydrogens (tertiary/aromatic N) is 2. The van der Waals surface area contributed by atoms with Crippen LogP contribution >= 0.6 is 0 Å². The highest BCUT2D eigenvalue weighted by Crippen LogP contribution is 2.22. The molecule has 0 aliphatic rings. The van der Waals surface area contributed by atoms with Gasteiger partial charge >= 0.3 is 0 Å². The minimum atomic E-state index is 0.596. The second kappa shape index (κ2) is 5.80. The quantitative estimate of drug-likeness (QED) is 0.882. The summed E-state index contributed by atoms with van der Waals surface area (Å²) in [6, 6.07) is 8.25. The Kier molecular flexibility index (Phi) is 4.12. The highest BCUT2D eigenvalue weighted by atomic mass is 15.0. The third kappa shape index (κ3) is 3.09. The van der Waals surface area contributed by atoms with Crippen molar-refractivity contribution in [2.45, 2.75) is 20.8 Å². The van der Waals surface area contributed by atoms with E-state index in [1.54, 1.807) is 0 Å². The number of benzene rings is 1. The van der Waals surface area contributed by atoms with Crippen LogP contribution < -0.4 is 11.1 Å². The molecule has 0 unspecified atom stereocenters. The van der Waals surface area contributed by atoms with Gasteiger partial charge in [0.25, 0.3) is 0 Å². The summed E-state index contributed by atoms with van der Waals surface area (Å²) in [5.41, 5.74) is 10.7. The number of rotatable bonds is 4. The highest BCUT2D eigenvalue weighted by molar-refractivity contribution is 5.60. The average Bonchev–Trinajstić information content (AvgIpc) is 2.38. The third-order valence-electron chi connectivity index (χ3n) is 3.03. The smallest absolute Gasteiger partial charge is 0.159 e. The molecular formula is C15H20N4. The number of hydrogen-bond donors (Lipinski definition) is 2. The predicted octanol–water partition coefficient (Wildman–Crippen LogP) is 2.44. The molecule has 100 valence electrons. The van der Waals surface area contributed by atoms with E-state index in [0.717, 1.165) is 35.0 Å². The van der Waals surface area contributed by atoms with Gasteiger partial charge in [-0.05, 0) is 20.8 Å². The van der Waals surface area contributed by atoms with Gasteiger partial charge in [-0.2, -0.15) is 0 Å². The molecule has 0 spiro atoms. The van der Waals surface area contributed by atoms with E-state index in [0.29, 0.717) is 6.54 Å². The molecule has 4 nitrogen and oxygen atoms in total. The Labute approximate surface area is 114 Å². The second-order valence-electron chi connectivity index (χ2n) is 4.67. The van der Waals surface area contributed by atoms with Crippen molar-refractivity contribution < 1.29 is 0 Å². The molecule has 2 aromatic rings. The summed E-state index contributed by atoms with van der Waals surface area (Å²) in [7, 11) is 0. The lowest BCUT2D eigenvalue weighted by Gasteiger charge is -2.12. The Hall–Kier alpha value is -1.94. The fourth-order valence-corrected chi connectivity index (χ4v) is 2.00. The van der Waals surface area contributed by atoms with Crippen molar-refractivity contribution in [3.05, 3.63) is 41.2 Å². The van der Waals surface area contributed by atoms with Crippen LogP contribution in [-0.2, 0) is 0 Å². The van der Waals surface area contributed by atoms with E-state index >= 15 is 0 Å². The third-order valence-corrected chi connectivity index (χ3v) is 3.03. The van der Waals surface area contributed by atoms with Crippen molar-refractivity contribution in [1.82, 2.24) is 9.97 Å². The van der Waals surface area contributed by atoms with Crippen molar-refractivity contribution in [2.75, 3.05) is 18.4 Å². The van der Waals surface area contributed by atoms with Crippen molar-refractivity contribution in [3.63, 3.8) is 0 Å². The van der Waals surface area contributed by atoms with Gasteiger partial charge in [0.1, 0.15) is 0 Å². The van der Waals surface area contributed by atoms with Gasteiger partial charge in [-0.3, -0.25) is 0 Å². The summed E-state index contributed by atoms with van der Waals surface area (Å²) in [5, 5.41) is 3.27. The van der Waals surface area contributed by atoms with E-state index in [9.17, 15) is 0 Å². The first-order valence-corrected chi connectivity index (χ1v) is 6.48. The predicted molar refractivity (Wildman–Crippen MR) is 79.2 cm³/mol. The molecule has 0 saturated carbocycles. The van der Waals surface area contributed by atoms with Gasteiger partial charge in [0.15, 0.2) is 5.82 Å². The molecule has 0 amide bonds. The number of aryl methyl sites for hydroxylation is 3. The van der Waals surface area contributed by atoms with Crippen LogP contribution in [0.3, 0.4) is 0 Å². The average molecular weight is 256 g/mol. The SMILES string of the molecule is Cc1ccc(-c2nc(C)c(NCCN)c(C)n2)cc1. The Balaban J connectivity index is 2.36. The van der Waals surface area contributed by atoms with Gasteiger partial charge in [0.2, 0.25) is 0 Å². The first-order valence-electron chi connectivity index (χ1n) is 6.48. The topological polar surface area (TPSA) is 63.8 Å². The maximum absolute atomic E-state index is 5.51. The van der Waals surface area contributed by atoms with Gasteiger partial charge < -0.3 is 11.1 Å². The zero-order valence-electron chi connectivity index (χ0n) is 11.7. The largest absolute Gasteiger partial charge is 0.381 e. The molecule has 4 heteroatoms. The van der Waals surface area contributed by atoms with Crippen LogP contribution in [-0.4, -0.2) is 23.1 Å². The second-order valence-corrected chi connectivity index (χ2v) is 4.67. The normalized spacial score (nSPS) is 10.5. The molecule has 1 aromatic carbocycles. The van der Waals surface area contributed by atoms with Crippen LogP contribution in [0.25, 0.3) is 11.4 Å². The standard InChI is InChI=1S/C15H20N4/c1-10-4-6-13(7-5-10)15-18-11(2)14(12(3)19-15)17-9-8-16/h4-7,17H,8-9,16H2,1-3H3. The summed E-state index contributed by atoms with van der Waals surface area (Å²) in [6.45, 7) is 7.38. The highest BCUT2D eigenvalue weighted by Gasteiger charge is 2.09. The fourth-order valence-electron chi connectivity index (χ4n) is 2.00. The molecule has 19 heavy (non-hydrogen) atoms. The van der Waals surface area contributed by atoms with Gasteiger partial charge in [0.05, 0.1) is 17.1 Å². The lowest BCUT2D eigenvalue weighted by Crippen LogP contribution is -2.15. The minimum Gasteiger partial charge on any atom is -0.381 e. The Bertz CT molecular complexity index is 538. The molecule has 0 saturated heterocycles. The van der Waals surface area contributed by atoms with Crippen LogP contribution in [0.2, 0.25) is 0 Å². The van der Waals surface area contributed by atoms with Crippen LogP contribution in [0.5, 0.6) is 0 Å². The molecule has 0 aliphatic heterocycles. The molecule has 1 heterocycles. The van der Waals surface area contributed by atoms with E-state index in [-0.39, 0.29) is 0 Å². The van der Waals surface area contributed by atoms with E-state index in [4.69, 9.17) is 5.73 Å². The van der Waals surface area contributed by atoms with Crippen LogP contribution in [0, 0.1) is 20.8 Å². The monoisotopic (exact) mass is 256 g/mol. The first kappa shape index (κ1) is 13.5. The number of nitrogens with one attached hydrogen (secondary N) is 1. The van der Waals surface area contributed by atoms with Crippen molar-refractivity contribution in [2.24, 2.45) is 5.73 Å². The molecule has 0 atom stereocenters. The van der Waals surface area contributed by atoms with Crippen LogP contribution in [0.15, 0.2) is 24.3 Å². The van der Waals surface area contributed by atoms with Gasteiger partial charge in [-0.1, -0.05) is 29.8 Å². The molecule has 0 aliphatic carbocycles. The lowest BCUT2D eigenvalue weighted by atomic mass is 10.1. The van der Waals surface area contributed by atoms with Gasteiger partial charge in [-0.15, -0.1) is 0 Å². The number of anilines is 1. The summed E-state index contributed by atoms with van der Waals surface area (Å²) in [6.07, 6.45) is 0. The fraction of sp³-hybridized carbons (Fsp3) is 0.333. The summed E-state index contributed by atoms with van der Waals surface area (Å²) in [4.78, 5) is 9.14. The Morgan fingerprint density at radius 2 is 1.58 bits per heavy atom. The molecule has 3 N–H and O–H groups in total. The molecule has 0 radical (unpaired) electrons. The maximum atomic E-state index is 5.51. The van der Waals surface area contributed by atoms with E-state index in [2.05, 4.69) is 46.5 Å². The first-order chi connectivity index (χ1) is 9.11. The van der Waals surface area contributed by atoms with Crippen molar-refractivity contribution in [3.8, 4) is 11.4 Å². The van der Waals surface area contributed by atoms with E-state index in [1.807, 2.05) is 13.8 Å². The van der Waals surface area contributed by atoms with E-state index < -0.39 is 0 Å². The lowest BCUT2D eigenvalue weighted by molar-refractivity contribution is 0.990. The molecule has 0 bridgehead atoms. The molecule has 2 rings (SSSR count). The molecular weight excluding hydrogens is 236 g/mol. The summed E-state index contributed by atoms with van der Waals surface area (Å²) >= 11 is 0. The van der Waals surface area contributed by atoms with Crippen LogP contribution in [0.1, 0.15) is 17.0 Å². The zero-order valence-corrected chi connectivity index (χ0v) is 11.7. The summed E-state index contributed by atoms with van der Waals surface area (Å²) in [5.74, 6) is 0.772. The number of nitrogens with two attached hydrogens (primary N) is 1. The van der Waals surface area contributed by atoms with Crippen molar-refractivity contribution >= 4 is 5.69 Å². The van der Waals surface area contributed by atoms with Gasteiger partial charge in [-0.25, -0.2) is 9.97 Å². The maximum Gasteiger partial charge on any atom is 0.159 e. The van der Waals surface area contributed by atoms with Crippen LogP contribution in [0.4, 0.5) is 5.69 Å². The Morgan fingerprint density at radius 1 is 1.00 bits per heavy atom. The number of hydrogen-bond acceptors (Lipinski definition) is 4. The molecule has 0 fully saturated rings. The molecule has 1 aromatic heterocycles. The van der Waals surface area contributed by atoms with E-state index in [1.165, 1.54) is 5.56 Å². The minimum absolute atomic E-state index is 0.596. The summed E-state index contributed by atoms with van der Waals surface area (Å²) < 4.78 is 0. The van der Waals surface area contributed by atoms with Gasteiger partial charge in [0, 0.05) is 18.7 Å². The zero-order chi connectivity index (χ0) is 13.8. The number of aromatic nitrogens is 2. The van der Waals surface area contributed by atoms with Crippen molar-refractivity contribution in [1.29, 1.82) is 0 Å².